The Morgan fingerprint density at radius 1 is 1.09 bits per heavy atom. The van der Waals surface area contributed by atoms with Gasteiger partial charge in [0.1, 0.15) is 6.54 Å². The maximum atomic E-state index is 12.7. The summed E-state index contributed by atoms with van der Waals surface area (Å²) in [5.41, 5.74) is 1.61. The average Bonchev–Trinajstić information content (AvgIpc) is 3.46. The number of rotatable bonds is 6. The number of oxazole rings is 1. The zero-order valence-corrected chi connectivity index (χ0v) is 17.9. The number of para-hydroxylation sites is 2. The number of thioether (sulfide) groups is 1. The minimum absolute atomic E-state index is 0.00984. The third-order valence-electron chi connectivity index (χ3n) is 5.10. The van der Waals surface area contributed by atoms with E-state index in [1.807, 2.05) is 0 Å². The molecule has 1 aromatic heterocycles. The largest absolute Gasteiger partial charge is 0.454 e. The molecule has 0 bridgehead atoms. The Bertz CT molecular complexity index is 1370. The molecule has 0 saturated carbocycles. The van der Waals surface area contributed by atoms with Gasteiger partial charge in [-0.2, -0.15) is 0 Å². The van der Waals surface area contributed by atoms with E-state index < -0.39 is 22.8 Å². The Morgan fingerprint density at radius 3 is 2.79 bits per heavy atom. The van der Waals surface area contributed by atoms with E-state index in [0.29, 0.717) is 28.2 Å². The molecule has 33 heavy (non-hydrogen) atoms. The van der Waals surface area contributed by atoms with Crippen molar-refractivity contribution in [3.05, 3.63) is 63.5 Å². The van der Waals surface area contributed by atoms with Crippen LogP contribution in [-0.4, -0.2) is 46.4 Å². The van der Waals surface area contributed by atoms with Crippen LogP contribution in [0.2, 0.25) is 0 Å². The molecule has 168 valence electrons. The highest BCUT2D eigenvalue weighted by Crippen LogP contribution is 2.36. The zero-order valence-electron chi connectivity index (χ0n) is 17.1. The lowest BCUT2D eigenvalue weighted by Crippen LogP contribution is -2.39. The van der Waals surface area contributed by atoms with Crippen molar-refractivity contribution < 1.29 is 28.3 Å². The second-order valence-electron chi connectivity index (χ2n) is 7.22. The number of hydrogen-bond donors (Lipinski definition) is 1. The molecular weight excluding hydrogens is 450 g/mol. The van der Waals surface area contributed by atoms with Crippen molar-refractivity contribution in [2.75, 3.05) is 19.9 Å². The fraction of sp³-hybridized carbons (Fsp3) is 0.182. The number of aromatic nitrogens is 1. The summed E-state index contributed by atoms with van der Waals surface area (Å²) in [7, 11) is 0. The van der Waals surface area contributed by atoms with Gasteiger partial charge in [0, 0.05) is 13.1 Å². The van der Waals surface area contributed by atoms with Gasteiger partial charge in [0.2, 0.25) is 12.7 Å². The molecule has 3 heterocycles. The number of carbonyl (C=O) groups is 3. The Kier molecular flexibility index (Phi) is 5.38. The topological polar surface area (TPSA) is 120 Å². The van der Waals surface area contributed by atoms with Crippen molar-refractivity contribution in [3.8, 4) is 11.5 Å². The summed E-state index contributed by atoms with van der Waals surface area (Å²) in [6.07, 6.45) is 1.61. The summed E-state index contributed by atoms with van der Waals surface area (Å²) >= 11 is 0.832. The van der Waals surface area contributed by atoms with Crippen molar-refractivity contribution >= 4 is 46.0 Å². The van der Waals surface area contributed by atoms with E-state index >= 15 is 0 Å². The lowest BCUT2D eigenvalue weighted by molar-refractivity contribution is -0.124. The lowest BCUT2D eigenvalue weighted by Gasteiger charge is -2.13. The third-order valence-corrected chi connectivity index (χ3v) is 6.01. The second kappa shape index (κ2) is 8.51. The SMILES string of the molecule is O=C(Cn1c(=O)oc2ccccc21)NCCN1C(=O)SC(=Cc2ccc3c(c2)OCO3)C1=O. The first kappa shape index (κ1) is 20.9. The number of carbonyl (C=O) groups excluding carboxylic acids is 3. The van der Waals surface area contributed by atoms with Crippen LogP contribution < -0.4 is 20.5 Å². The standard InChI is InChI=1S/C22H17N3O7S/c26-19(11-25-14-3-1-2-4-15(14)32-21(25)28)23-7-8-24-20(27)18(33-22(24)29)10-13-5-6-16-17(9-13)31-12-30-16/h1-6,9-10H,7-8,11-12H2,(H,23,26). The van der Waals surface area contributed by atoms with Crippen LogP contribution in [0.1, 0.15) is 5.56 Å². The van der Waals surface area contributed by atoms with Crippen LogP contribution in [0.3, 0.4) is 0 Å². The number of amides is 3. The highest BCUT2D eigenvalue weighted by molar-refractivity contribution is 8.18. The Morgan fingerprint density at radius 2 is 1.91 bits per heavy atom. The summed E-state index contributed by atoms with van der Waals surface area (Å²) in [5, 5.41) is 2.21. The molecule has 2 aromatic carbocycles. The van der Waals surface area contributed by atoms with Crippen molar-refractivity contribution in [2.24, 2.45) is 0 Å². The smallest absolute Gasteiger partial charge is 0.420 e. The van der Waals surface area contributed by atoms with Crippen LogP contribution in [0, 0.1) is 0 Å². The predicted octanol–water partition coefficient (Wildman–Crippen LogP) is 2.18. The monoisotopic (exact) mass is 467 g/mol. The van der Waals surface area contributed by atoms with E-state index in [2.05, 4.69) is 5.32 Å². The number of nitrogens with zero attached hydrogens (tertiary/aromatic N) is 2. The second-order valence-corrected chi connectivity index (χ2v) is 8.21. The zero-order chi connectivity index (χ0) is 22.9. The van der Waals surface area contributed by atoms with Crippen molar-refractivity contribution in [1.82, 2.24) is 14.8 Å². The summed E-state index contributed by atoms with van der Waals surface area (Å²) in [4.78, 5) is 50.6. The van der Waals surface area contributed by atoms with Gasteiger partial charge in [0.05, 0.1) is 10.4 Å². The predicted molar refractivity (Wildman–Crippen MR) is 119 cm³/mol. The molecule has 0 radical (unpaired) electrons. The Hall–Kier alpha value is -3.99. The molecule has 3 aromatic rings. The number of benzene rings is 2. The van der Waals surface area contributed by atoms with Crippen LogP contribution in [0.5, 0.6) is 11.5 Å². The van der Waals surface area contributed by atoms with Crippen LogP contribution in [0.25, 0.3) is 17.2 Å². The molecule has 2 aliphatic heterocycles. The first-order valence-electron chi connectivity index (χ1n) is 10.00. The van der Waals surface area contributed by atoms with Gasteiger partial charge in [-0.05, 0) is 47.7 Å². The molecule has 0 spiro atoms. The molecule has 1 saturated heterocycles. The van der Waals surface area contributed by atoms with Gasteiger partial charge in [-0.25, -0.2) is 4.79 Å². The van der Waals surface area contributed by atoms with Crippen molar-refractivity contribution in [2.45, 2.75) is 6.54 Å². The van der Waals surface area contributed by atoms with Gasteiger partial charge in [-0.3, -0.25) is 23.9 Å². The average molecular weight is 467 g/mol. The Labute approximate surface area is 190 Å². The van der Waals surface area contributed by atoms with E-state index in [-0.39, 0.29) is 31.3 Å². The molecule has 3 amide bonds. The van der Waals surface area contributed by atoms with E-state index in [1.54, 1.807) is 48.5 Å². The number of fused-ring (bicyclic) bond motifs is 2. The van der Waals surface area contributed by atoms with Gasteiger partial charge in [-0.15, -0.1) is 0 Å². The summed E-state index contributed by atoms with van der Waals surface area (Å²) in [5.74, 6) is -0.302. The first-order chi connectivity index (χ1) is 16.0. The van der Waals surface area contributed by atoms with Gasteiger partial charge < -0.3 is 19.2 Å². The summed E-state index contributed by atoms with van der Waals surface area (Å²) < 4.78 is 16.9. The summed E-state index contributed by atoms with van der Waals surface area (Å²) in [6, 6.07) is 12.0. The van der Waals surface area contributed by atoms with Crippen LogP contribution in [0.4, 0.5) is 4.79 Å². The minimum atomic E-state index is -0.633. The number of imide groups is 1. The highest BCUT2D eigenvalue weighted by atomic mass is 32.2. The maximum absolute atomic E-state index is 12.7. The molecule has 1 N–H and O–H groups in total. The third kappa shape index (κ3) is 4.10. The summed E-state index contributed by atoms with van der Waals surface area (Å²) in [6.45, 7) is -0.0249. The van der Waals surface area contributed by atoms with Crippen LogP contribution >= 0.6 is 11.8 Å². The molecule has 11 heteroatoms. The van der Waals surface area contributed by atoms with Crippen LogP contribution in [0.15, 0.2) is 56.6 Å². The molecule has 1 fully saturated rings. The first-order valence-corrected chi connectivity index (χ1v) is 10.8. The lowest BCUT2D eigenvalue weighted by atomic mass is 10.2. The highest BCUT2D eigenvalue weighted by Gasteiger charge is 2.34. The van der Waals surface area contributed by atoms with Gasteiger partial charge in [0.25, 0.3) is 11.1 Å². The molecule has 5 rings (SSSR count). The molecule has 2 aliphatic rings. The number of hydrogen-bond acceptors (Lipinski definition) is 8. The van der Waals surface area contributed by atoms with Gasteiger partial charge >= 0.3 is 5.76 Å². The van der Waals surface area contributed by atoms with E-state index in [1.165, 1.54) is 4.57 Å². The maximum Gasteiger partial charge on any atom is 0.420 e. The molecule has 0 aliphatic carbocycles. The molecular formula is C22H17N3O7S. The normalized spacial score (nSPS) is 16.2. The quantitative estimate of drug-likeness (QED) is 0.548. The van der Waals surface area contributed by atoms with Gasteiger partial charge in [-0.1, -0.05) is 18.2 Å². The minimum Gasteiger partial charge on any atom is -0.454 e. The Balaban J connectivity index is 1.19. The fourth-order valence-corrected chi connectivity index (χ4v) is 4.38. The molecule has 0 unspecified atom stereocenters. The van der Waals surface area contributed by atoms with E-state index in [4.69, 9.17) is 13.9 Å². The van der Waals surface area contributed by atoms with E-state index in [0.717, 1.165) is 16.7 Å². The molecule has 10 nitrogen and oxygen atoms in total. The van der Waals surface area contributed by atoms with Crippen LogP contribution in [-0.2, 0) is 16.1 Å². The fourth-order valence-electron chi connectivity index (χ4n) is 3.52. The van der Waals surface area contributed by atoms with Crippen molar-refractivity contribution in [3.63, 3.8) is 0 Å². The molecule has 0 atom stereocenters. The number of ether oxygens (including phenoxy) is 2. The number of nitrogens with one attached hydrogen (secondary N) is 1. The van der Waals surface area contributed by atoms with Gasteiger partial charge in [0.15, 0.2) is 17.1 Å². The van der Waals surface area contributed by atoms with Crippen molar-refractivity contribution in [1.29, 1.82) is 0 Å². The van der Waals surface area contributed by atoms with E-state index in [9.17, 15) is 19.2 Å².